The number of aliphatic carboxylic acids is 1. The van der Waals surface area contributed by atoms with Crippen LogP contribution in [0.1, 0.15) is 13.3 Å². The lowest BCUT2D eigenvalue weighted by molar-refractivity contribution is -0.141. The van der Waals surface area contributed by atoms with E-state index in [0.29, 0.717) is 18.7 Å². The summed E-state index contributed by atoms with van der Waals surface area (Å²) in [5.74, 6) is -0.915. The van der Waals surface area contributed by atoms with Gasteiger partial charge in [-0.15, -0.1) is 0 Å². The van der Waals surface area contributed by atoms with E-state index >= 15 is 0 Å². The molecule has 1 rings (SSSR count). The molecule has 1 heterocycles. The first-order valence-corrected chi connectivity index (χ1v) is 7.21. The van der Waals surface area contributed by atoms with Crippen molar-refractivity contribution in [3.8, 4) is 0 Å². The fourth-order valence-electron chi connectivity index (χ4n) is 1.84. The molecule has 17 heavy (non-hydrogen) atoms. The summed E-state index contributed by atoms with van der Waals surface area (Å²) in [6.45, 7) is 2.50. The Morgan fingerprint density at radius 2 is 2.24 bits per heavy atom. The third-order valence-electron chi connectivity index (χ3n) is 2.68. The molecule has 0 aromatic rings. The minimum absolute atomic E-state index is 0.169. The number of hydrogen-bond donors (Lipinski definition) is 2. The van der Waals surface area contributed by atoms with Gasteiger partial charge in [-0.25, -0.2) is 4.79 Å². The number of carboxylic acids is 1. The molecule has 0 saturated carbocycles. The van der Waals surface area contributed by atoms with Crippen LogP contribution in [0.15, 0.2) is 0 Å². The minimum Gasteiger partial charge on any atom is -0.481 e. The van der Waals surface area contributed by atoms with Crippen molar-refractivity contribution < 1.29 is 18.9 Å². The lowest BCUT2D eigenvalue weighted by Crippen LogP contribution is -2.44. The number of nitrogens with one attached hydrogen (secondary N) is 1. The van der Waals surface area contributed by atoms with Crippen molar-refractivity contribution in [3.63, 3.8) is 0 Å². The molecule has 3 unspecified atom stereocenters. The maximum absolute atomic E-state index is 11.7. The molecule has 2 amide bonds. The normalized spacial score (nSPS) is 23.2. The summed E-state index contributed by atoms with van der Waals surface area (Å²) in [6, 6.07) is -0.441. The molecule has 0 spiro atoms. The largest absolute Gasteiger partial charge is 0.481 e. The first kappa shape index (κ1) is 14.0. The number of hydrogen-bond acceptors (Lipinski definition) is 3. The van der Waals surface area contributed by atoms with Gasteiger partial charge in [-0.2, -0.15) is 0 Å². The Balaban J connectivity index is 2.39. The minimum atomic E-state index is -0.955. The van der Waals surface area contributed by atoms with E-state index in [9.17, 15) is 13.8 Å². The Morgan fingerprint density at radius 3 is 2.71 bits per heavy atom. The SMILES string of the molecule is CC(CS(C)=O)NC(=O)N1CCC(C(=O)O)C1. The van der Waals surface area contributed by atoms with Crippen LogP contribution in [-0.4, -0.2) is 57.4 Å². The van der Waals surface area contributed by atoms with Crippen molar-refractivity contribution >= 4 is 22.8 Å². The molecule has 0 aromatic carbocycles. The first-order chi connectivity index (χ1) is 7.90. The Hall–Kier alpha value is -1.11. The Kier molecular flexibility index (Phi) is 4.92. The highest BCUT2D eigenvalue weighted by atomic mass is 32.2. The molecular weight excluding hydrogens is 244 g/mol. The van der Waals surface area contributed by atoms with Crippen molar-refractivity contribution in [1.82, 2.24) is 10.2 Å². The molecule has 0 aliphatic carbocycles. The molecule has 0 aromatic heterocycles. The zero-order chi connectivity index (χ0) is 13.0. The van der Waals surface area contributed by atoms with Gasteiger partial charge in [0.25, 0.3) is 0 Å². The predicted molar refractivity (Wildman–Crippen MR) is 64.2 cm³/mol. The van der Waals surface area contributed by atoms with Crippen molar-refractivity contribution in [3.05, 3.63) is 0 Å². The van der Waals surface area contributed by atoms with Crippen molar-refractivity contribution in [2.45, 2.75) is 19.4 Å². The van der Waals surface area contributed by atoms with Crippen molar-refractivity contribution in [2.75, 3.05) is 25.1 Å². The standard InChI is InChI=1S/C10H18N2O4S/c1-7(6-17(2)16)11-10(15)12-4-3-8(5-12)9(13)14/h7-8H,3-6H2,1-2H3,(H,11,15)(H,13,14). The lowest BCUT2D eigenvalue weighted by Gasteiger charge is -2.20. The van der Waals surface area contributed by atoms with Crippen LogP contribution in [0.3, 0.4) is 0 Å². The number of rotatable bonds is 4. The molecule has 1 aliphatic heterocycles. The van der Waals surface area contributed by atoms with Crippen LogP contribution >= 0.6 is 0 Å². The second-order valence-corrected chi connectivity index (χ2v) is 5.84. The average Bonchev–Trinajstić information content (AvgIpc) is 2.64. The van der Waals surface area contributed by atoms with Gasteiger partial charge >= 0.3 is 12.0 Å². The monoisotopic (exact) mass is 262 g/mol. The van der Waals surface area contributed by atoms with Gasteiger partial charge in [0.2, 0.25) is 0 Å². The van der Waals surface area contributed by atoms with Gasteiger partial charge < -0.3 is 15.3 Å². The molecule has 2 N–H and O–H groups in total. The molecular formula is C10H18N2O4S. The molecule has 6 nitrogen and oxygen atoms in total. The quantitative estimate of drug-likeness (QED) is 0.739. The maximum atomic E-state index is 11.7. The van der Waals surface area contributed by atoms with Gasteiger partial charge in [0.1, 0.15) is 0 Å². The van der Waals surface area contributed by atoms with Crippen LogP contribution in [0.25, 0.3) is 0 Å². The fraction of sp³-hybridized carbons (Fsp3) is 0.800. The topological polar surface area (TPSA) is 86.7 Å². The van der Waals surface area contributed by atoms with Crippen LogP contribution in [-0.2, 0) is 15.6 Å². The summed E-state index contributed by atoms with van der Waals surface area (Å²) >= 11 is 0. The number of amides is 2. The van der Waals surface area contributed by atoms with E-state index in [1.807, 2.05) is 0 Å². The molecule has 1 fully saturated rings. The summed E-state index contributed by atoms with van der Waals surface area (Å²) in [6.07, 6.45) is 2.08. The van der Waals surface area contributed by atoms with E-state index in [1.165, 1.54) is 4.90 Å². The second-order valence-electron chi connectivity index (χ2n) is 4.36. The summed E-state index contributed by atoms with van der Waals surface area (Å²) in [5.41, 5.74) is 0. The highest BCUT2D eigenvalue weighted by molar-refractivity contribution is 7.84. The van der Waals surface area contributed by atoms with Gasteiger partial charge in [-0.05, 0) is 13.3 Å². The molecule has 3 atom stereocenters. The first-order valence-electron chi connectivity index (χ1n) is 5.48. The van der Waals surface area contributed by atoms with E-state index < -0.39 is 22.7 Å². The zero-order valence-corrected chi connectivity index (χ0v) is 10.8. The second kappa shape index (κ2) is 6.00. The highest BCUT2D eigenvalue weighted by Gasteiger charge is 2.31. The summed E-state index contributed by atoms with van der Waals surface area (Å²) in [5, 5.41) is 11.5. The number of likely N-dealkylation sites (tertiary alicyclic amines) is 1. The van der Waals surface area contributed by atoms with Gasteiger partial charge in [0, 0.05) is 41.9 Å². The highest BCUT2D eigenvalue weighted by Crippen LogP contribution is 2.16. The summed E-state index contributed by atoms with van der Waals surface area (Å²) < 4.78 is 11.0. The zero-order valence-electron chi connectivity index (χ0n) is 10.0. The van der Waals surface area contributed by atoms with Crippen LogP contribution < -0.4 is 5.32 Å². The van der Waals surface area contributed by atoms with Gasteiger partial charge in [0.15, 0.2) is 0 Å². The Labute approximate surface area is 103 Å². The summed E-state index contributed by atoms with van der Waals surface area (Å²) in [4.78, 5) is 24.0. The number of nitrogens with zero attached hydrogens (tertiary/aromatic N) is 1. The predicted octanol–water partition coefficient (Wildman–Crippen LogP) is -0.130. The molecule has 1 aliphatic rings. The Bertz CT molecular complexity index is 334. The third kappa shape index (κ3) is 4.33. The van der Waals surface area contributed by atoms with E-state index in [1.54, 1.807) is 13.2 Å². The average molecular weight is 262 g/mol. The smallest absolute Gasteiger partial charge is 0.317 e. The van der Waals surface area contributed by atoms with Crippen LogP contribution in [0, 0.1) is 5.92 Å². The van der Waals surface area contributed by atoms with E-state index in [4.69, 9.17) is 5.11 Å². The number of carboxylic acid groups (broad SMARTS) is 1. The summed E-state index contributed by atoms with van der Waals surface area (Å²) in [7, 11) is -0.955. The van der Waals surface area contributed by atoms with Gasteiger partial charge in [0.05, 0.1) is 5.92 Å². The lowest BCUT2D eigenvalue weighted by atomic mass is 10.1. The molecule has 7 heteroatoms. The number of carbonyl (C=O) groups excluding carboxylic acids is 1. The van der Waals surface area contributed by atoms with E-state index in [0.717, 1.165) is 0 Å². The molecule has 0 bridgehead atoms. The number of urea groups is 1. The number of carbonyl (C=O) groups is 2. The van der Waals surface area contributed by atoms with E-state index in [-0.39, 0.29) is 18.6 Å². The Morgan fingerprint density at radius 1 is 1.59 bits per heavy atom. The molecule has 1 saturated heterocycles. The molecule has 98 valence electrons. The molecule has 0 radical (unpaired) electrons. The van der Waals surface area contributed by atoms with Crippen LogP contribution in [0.4, 0.5) is 4.79 Å². The maximum Gasteiger partial charge on any atom is 0.317 e. The van der Waals surface area contributed by atoms with Gasteiger partial charge in [-0.3, -0.25) is 9.00 Å². The van der Waals surface area contributed by atoms with Crippen molar-refractivity contribution in [1.29, 1.82) is 0 Å². The third-order valence-corrected chi connectivity index (χ3v) is 3.65. The van der Waals surface area contributed by atoms with E-state index in [2.05, 4.69) is 5.32 Å². The van der Waals surface area contributed by atoms with Crippen LogP contribution in [0.5, 0.6) is 0 Å². The van der Waals surface area contributed by atoms with Gasteiger partial charge in [-0.1, -0.05) is 0 Å². The fourth-order valence-corrected chi connectivity index (χ4v) is 2.63. The van der Waals surface area contributed by atoms with Crippen molar-refractivity contribution in [2.24, 2.45) is 5.92 Å². The van der Waals surface area contributed by atoms with Crippen LogP contribution in [0.2, 0.25) is 0 Å².